The highest BCUT2D eigenvalue weighted by molar-refractivity contribution is 6.30. The van der Waals surface area contributed by atoms with Gasteiger partial charge in [-0.25, -0.2) is 0 Å². The van der Waals surface area contributed by atoms with Gasteiger partial charge in [0.25, 0.3) is 0 Å². The molecule has 51 heavy (non-hydrogen) atoms. The second kappa shape index (κ2) is 22.0. The third kappa shape index (κ3) is 11.8. The van der Waals surface area contributed by atoms with Crippen LogP contribution in [0.4, 0.5) is 0 Å². The van der Waals surface area contributed by atoms with Crippen LogP contribution in [0.15, 0.2) is 53.6 Å². The maximum atomic E-state index is 13.2. The van der Waals surface area contributed by atoms with Gasteiger partial charge in [-0.1, -0.05) is 87.7 Å². The lowest BCUT2D eigenvalue weighted by atomic mass is 9.63. The van der Waals surface area contributed by atoms with Crippen molar-refractivity contribution < 1.29 is 9.53 Å². The van der Waals surface area contributed by atoms with Gasteiger partial charge in [0.2, 0.25) is 5.91 Å². The van der Waals surface area contributed by atoms with E-state index in [2.05, 4.69) is 27.1 Å². The molecule has 3 saturated heterocycles. The lowest BCUT2D eigenvalue weighted by molar-refractivity contribution is -0.142. The number of halogens is 2. The molecule has 0 radical (unpaired) electrons. The third-order valence-corrected chi connectivity index (χ3v) is 11.8. The topological polar surface area (TPSA) is 108 Å². The van der Waals surface area contributed by atoms with Gasteiger partial charge in [-0.3, -0.25) is 4.79 Å². The van der Waals surface area contributed by atoms with E-state index in [-0.39, 0.29) is 39.5 Å². The van der Waals surface area contributed by atoms with Gasteiger partial charge in [0.1, 0.15) is 0 Å². The molecule has 0 spiro atoms. The number of azide groups is 1. The lowest BCUT2D eigenvalue weighted by Gasteiger charge is -2.47. The Kier molecular flexibility index (Phi) is 19.4. The van der Waals surface area contributed by atoms with Crippen LogP contribution in [0.1, 0.15) is 110 Å². The molecule has 0 bridgehead atoms. The molecular weight excluding hydrogens is 679 g/mol. The highest BCUT2D eigenvalue weighted by Gasteiger charge is 2.48. The molecule has 8 nitrogen and oxygen atoms in total. The molecule has 3 heterocycles. The Hall–Kier alpha value is -2.32. The Morgan fingerprint density at radius 1 is 0.804 bits per heavy atom. The molecule has 5 aliphatic rings. The van der Waals surface area contributed by atoms with Crippen molar-refractivity contribution in [1.82, 2.24) is 9.80 Å². The second-order valence-electron chi connectivity index (χ2n) is 14.6. The molecule has 1 amide bonds. The minimum atomic E-state index is -0.370. The van der Waals surface area contributed by atoms with E-state index in [9.17, 15) is 4.79 Å². The van der Waals surface area contributed by atoms with Crippen molar-refractivity contribution in [3.8, 4) is 0 Å². The first-order chi connectivity index (χ1) is 23.4. The van der Waals surface area contributed by atoms with Crippen LogP contribution in [-0.4, -0.2) is 74.7 Å². The Morgan fingerprint density at radius 2 is 1.37 bits per heavy atom. The average Bonchev–Trinajstić information content (AvgIpc) is 3.68. The second-order valence-corrected chi connectivity index (χ2v) is 15.4. The minimum absolute atomic E-state index is 0. The van der Waals surface area contributed by atoms with Gasteiger partial charge in [0, 0.05) is 66.3 Å². The summed E-state index contributed by atoms with van der Waals surface area (Å²) in [5, 5.41) is 5.22. The van der Waals surface area contributed by atoms with Crippen molar-refractivity contribution in [2.24, 2.45) is 22.7 Å². The van der Waals surface area contributed by atoms with Crippen molar-refractivity contribution in [2.45, 2.75) is 110 Å². The highest BCUT2D eigenvalue weighted by Crippen LogP contribution is 2.46. The van der Waals surface area contributed by atoms with E-state index in [0.29, 0.717) is 29.4 Å². The average molecular weight is 746 g/mol. The van der Waals surface area contributed by atoms with Gasteiger partial charge in [-0.05, 0) is 130 Å². The quantitative estimate of drug-likeness (QED) is 0.165. The van der Waals surface area contributed by atoms with Crippen LogP contribution < -0.4 is 5.73 Å². The van der Waals surface area contributed by atoms with E-state index in [1.54, 1.807) is 0 Å². The monoisotopic (exact) mass is 744 g/mol. The zero-order valence-corrected chi connectivity index (χ0v) is 30.0. The standard InChI is InChI=1S/C17H21ClN4O.C17H25ClN2.C4H8O.3CH4/c18-15-6-4-14(5-7-15)17(8-2-9-17)16(23)22-10-1-3-13(12-22)11-20-21-19;18-16-6-4-15(5-7-16)17(8-2-9-17)13-20-10-1-3-14(11-19)12-20;1-2-4-5-3-1;;;/h4-7,13H,1-3,8-12H2;4-7,14H,1-3,8-13,19H2;1-4H2;3*1H4. The van der Waals surface area contributed by atoms with Crippen LogP contribution >= 0.6 is 23.2 Å². The first-order valence-electron chi connectivity index (χ1n) is 18.2. The zero-order chi connectivity index (χ0) is 33.8. The molecule has 2 atom stereocenters. The number of likely N-dealkylation sites (tertiary alicyclic amines) is 2. The summed E-state index contributed by atoms with van der Waals surface area (Å²) in [4.78, 5) is 20.7. The molecule has 5 fully saturated rings. The van der Waals surface area contributed by atoms with Gasteiger partial charge in [-0.15, -0.1) is 0 Å². The Labute approximate surface area is 319 Å². The fourth-order valence-electron chi connectivity index (χ4n) is 8.15. The summed E-state index contributed by atoms with van der Waals surface area (Å²) >= 11 is 12.0. The van der Waals surface area contributed by atoms with E-state index in [1.807, 2.05) is 41.3 Å². The highest BCUT2D eigenvalue weighted by atomic mass is 35.5. The smallest absolute Gasteiger partial charge is 0.233 e. The predicted octanol–water partition coefficient (Wildman–Crippen LogP) is 10.4. The molecule has 3 aliphatic heterocycles. The SMILES string of the molecule is C.C.C.C1CCOC1.NCC1CCCN(CC2(c3ccc(Cl)cc3)CCC2)C1.[N-]=[N+]=NCC1CCCN(C(=O)C2(c3ccc(Cl)cc3)CCC2)C1. The molecule has 7 rings (SSSR count). The molecule has 2 aromatic carbocycles. The number of nitrogens with zero attached hydrogens (tertiary/aromatic N) is 5. The van der Waals surface area contributed by atoms with Crippen LogP contribution in [0.25, 0.3) is 10.4 Å². The van der Waals surface area contributed by atoms with Gasteiger partial charge in [-0.2, -0.15) is 0 Å². The summed E-state index contributed by atoms with van der Waals surface area (Å²) in [5.41, 5.74) is 16.9. The molecule has 2 N–H and O–H groups in total. The number of piperidine rings is 2. The molecule has 2 saturated carbocycles. The number of rotatable bonds is 8. The summed E-state index contributed by atoms with van der Waals surface area (Å²) in [7, 11) is 0. The normalized spacial score (nSPS) is 22.9. The maximum absolute atomic E-state index is 13.2. The first-order valence-corrected chi connectivity index (χ1v) is 19.0. The number of hydrogen-bond donors (Lipinski definition) is 1. The predicted molar refractivity (Wildman–Crippen MR) is 216 cm³/mol. The summed E-state index contributed by atoms with van der Waals surface area (Å²) < 4.78 is 4.94. The summed E-state index contributed by atoms with van der Waals surface area (Å²) in [5.74, 6) is 1.22. The van der Waals surface area contributed by atoms with Crippen LogP contribution in [0.3, 0.4) is 0 Å². The molecule has 2 aliphatic carbocycles. The zero-order valence-electron chi connectivity index (χ0n) is 28.5. The first kappa shape index (κ1) is 44.8. The number of hydrogen-bond acceptors (Lipinski definition) is 5. The molecule has 10 heteroatoms. The molecule has 0 aromatic heterocycles. The number of carbonyl (C=O) groups is 1. The molecular formula is C41H66Cl2N6O2. The fraction of sp³-hybridized carbons (Fsp3) is 0.683. The summed E-state index contributed by atoms with van der Waals surface area (Å²) in [6.07, 6.45) is 14.1. The lowest BCUT2D eigenvalue weighted by Crippen LogP contribution is -2.53. The van der Waals surface area contributed by atoms with Crippen molar-refractivity contribution in [3.05, 3.63) is 80.1 Å². The van der Waals surface area contributed by atoms with E-state index in [4.69, 9.17) is 39.2 Å². The fourth-order valence-corrected chi connectivity index (χ4v) is 8.40. The van der Waals surface area contributed by atoms with E-state index in [0.717, 1.165) is 69.0 Å². The number of amides is 1. The summed E-state index contributed by atoms with van der Waals surface area (Å²) in [6, 6.07) is 16.2. The number of nitrogens with two attached hydrogens (primary N) is 1. The van der Waals surface area contributed by atoms with E-state index in [1.165, 1.54) is 70.1 Å². The third-order valence-electron chi connectivity index (χ3n) is 11.3. The van der Waals surface area contributed by atoms with Gasteiger partial charge in [0.15, 0.2) is 0 Å². The van der Waals surface area contributed by atoms with Crippen molar-refractivity contribution >= 4 is 29.1 Å². The minimum Gasteiger partial charge on any atom is -0.381 e. The van der Waals surface area contributed by atoms with Crippen LogP contribution in [0.2, 0.25) is 10.0 Å². The van der Waals surface area contributed by atoms with Gasteiger partial charge < -0.3 is 20.3 Å². The van der Waals surface area contributed by atoms with E-state index >= 15 is 0 Å². The van der Waals surface area contributed by atoms with Crippen molar-refractivity contribution in [2.75, 3.05) is 59.0 Å². The van der Waals surface area contributed by atoms with Crippen molar-refractivity contribution in [1.29, 1.82) is 0 Å². The number of ether oxygens (including phenoxy) is 1. The Balaban J connectivity index is 0.000000297. The van der Waals surface area contributed by atoms with E-state index < -0.39 is 0 Å². The van der Waals surface area contributed by atoms with Crippen LogP contribution in [0.5, 0.6) is 0 Å². The van der Waals surface area contributed by atoms with Gasteiger partial charge in [0.05, 0.1) is 5.41 Å². The molecule has 2 unspecified atom stereocenters. The molecule has 286 valence electrons. The van der Waals surface area contributed by atoms with Gasteiger partial charge >= 0.3 is 0 Å². The number of carbonyl (C=O) groups excluding carboxylic acids is 1. The van der Waals surface area contributed by atoms with Crippen molar-refractivity contribution in [3.63, 3.8) is 0 Å². The molecule has 2 aromatic rings. The van der Waals surface area contributed by atoms with Crippen LogP contribution in [0, 0.1) is 11.8 Å². The Morgan fingerprint density at radius 3 is 1.86 bits per heavy atom. The summed E-state index contributed by atoms with van der Waals surface area (Å²) in [6.45, 7) is 8.45. The number of benzene rings is 2. The largest absolute Gasteiger partial charge is 0.381 e. The maximum Gasteiger partial charge on any atom is 0.233 e. The Bertz CT molecular complexity index is 1330. The van der Waals surface area contributed by atoms with Crippen LogP contribution in [-0.2, 0) is 20.4 Å².